The molecule has 0 aliphatic heterocycles. The van der Waals surface area contributed by atoms with Gasteiger partial charge >= 0.3 is 0 Å². The van der Waals surface area contributed by atoms with Crippen LogP contribution in [0.5, 0.6) is 5.75 Å². The number of aryl methyl sites for hydroxylation is 2. The number of aromatic amines is 1. The lowest BCUT2D eigenvalue weighted by Gasteiger charge is -2.04. The molecule has 2 heterocycles. The molecule has 0 aliphatic rings. The SMILES string of the molecule is Cc1ccc(OCc2nc(C)c(C(=O)NCCc3nc4ccccc4[nH]3)s2)cc1. The number of imidazole rings is 1. The number of rotatable bonds is 7. The Morgan fingerprint density at radius 3 is 2.69 bits per heavy atom. The van der Waals surface area contributed by atoms with E-state index in [9.17, 15) is 4.79 Å². The van der Waals surface area contributed by atoms with Crippen molar-refractivity contribution in [3.8, 4) is 5.75 Å². The number of ether oxygens (including phenoxy) is 1. The number of para-hydroxylation sites is 2. The highest BCUT2D eigenvalue weighted by Crippen LogP contribution is 2.20. The van der Waals surface area contributed by atoms with Gasteiger partial charge in [0.15, 0.2) is 0 Å². The second kappa shape index (κ2) is 8.45. The molecule has 2 aromatic heterocycles. The Labute approximate surface area is 173 Å². The highest BCUT2D eigenvalue weighted by Gasteiger charge is 2.15. The summed E-state index contributed by atoms with van der Waals surface area (Å²) in [5.74, 6) is 1.54. The highest BCUT2D eigenvalue weighted by molar-refractivity contribution is 7.13. The molecule has 0 fully saturated rings. The van der Waals surface area contributed by atoms with E-state index in [0.717, 1.165) is 33.3 Å². The van der Waals surface area contributed by atoms with Gasteiger partial charge in [0, 0.05) is 13.0 Å². The van der Waals surface area contributed by atoms with Gasteiger partial charge < -0.3 is 15.0 Å². The molecular weight excluding hydrogens is 384 g/mol. The third kappa shape index (κ3) is 4.63. The number of hydrogen-bond acceptors (Lipinski definition) is 5. The lowest BCUT2D eigenvalue weighted by atomic mass is 10.2. The van der Waals surface area contributed by atoms with Crippen molar-refractivity contribution < 1.29 is 9.53 Å². The zero-order chi connectivity index (χ0) is 20.2. The zero-order valence-electron chi connectivity index (χ0n) is 16.4. The summed E-state index contributed by atoms with van der Waals surface area (Å²) < 4.78 is 5.77. The summed E-state index contributed by atoms with van der Waals surface area (Å²) in [6.45, 7) is 4.74. The quantitative estimate of drug-likeness (QED) is 0.482. The van der Waals surface area contributed by atoms with Gasteiger partial charge in [-0.2, -0.15) is 0 Å². The minimum atomic E-state index is -0.113. The molecule has 7 heteroatoms. The first kappa shape index (κ1) is 19.1. The van der Waals surface area contributed by atoms with Crippen molar-refractivity contribution in [2.24, 2.45) is 0 Å². The first-order valence-electron chi connectivity index (χ1n) is 9.46. The van der Waals surface area contributed by atoms with Crippen LogP contribution in [0.3, 0.4) is 0 Å². The molecule has 0 unspecified atom stereocenters. The molecule has 0 saturated carbocycles. The molecule has 0 saturated heterocycles. The predicted octanol–water partition coefficient (Wildman–Crippen LogP) is 4.19. The number of H-pyrrole nitrogens is 1. The van der Waals surface area contributed by atoms with E-state index in [4.69, 9.17) is 4.74 Å². The van der Waals surface area contributed by atoms with Crippen molar-refractivity contribution >= 4 is 28.3 Å². The molecule has 0 aliphatic carbocycles. The van der Waals surface area contributed by atoms with Crippen LogP contribution in [0.25, 0.3) is 11.0 Å². The number of nitrogens with one attached hydrogen (secondary N) is 2. The fraction of sp³-hybridized carbons (Fsp3) is 0.227. The standard InChI is InChI=1S/C22H22N4O2S/c1-14-7-9-16(10-8-14)28-13-20-24-15(2)21(29-20)22(27)23-12-11-19-25-17-5-3-4-6-18(17)26-19/h3-10H,11-13H2,1-2H3,(H,23,27)(H,25,26). The van der Waals surface area contributed by atoms with E-state index in [0.29, 0.717) is 24.4 Å². The zero-order valence-corrected chi connectivity index (χ0v) is 17.2. The topological polar surface area (TPSA) is 79.9 Å². The summed E-state index contributed by atoms with van der Waals surface area (Å²) in [6.07, 6.45) is 0.641. The molecule has 2 N–H and O–H groups in total. The van der Waals surface area contributed by atoms with Crippen LogP contribution in [0.1, 0.15) is 31.8 Å². The number of aromatic nitrogens is 3. The average molecular weight is 407 g/mol. The predicted molar refractivity (Wildman–Crippen MR) is 114 cm³/mol. The van der Waals surface area contributed by atoms with E-state index in [1.165, 1.54) is 16.9 Å². The van der Waals surface area contributed by atoms with Gasteiger partial charge in [0.1, 0.15) is 28.1 Å². The smallest absolute Gasteiger partial charge is 0.263 e. The first-order chi connectivity index (χ1) is 14.1. The van der Waals surface area contributed by atoms with Gasteiger partial charge in [-0.15, -0.1) is 11.3 Å². The van der Waals surface area contributed by atoms with Gasteiger partial charge in [-0.25, -0.2) is 9.97 Å². The van der Waals surface area contributed by atoms with Gasteiger partial charge in [0.05, 0.1) is 16.7 Å². The summed E-state index contributed by atoms with van der Waals surface area (Å²) in [5, 5.41) is 3.74. The van der Waals surface area contributed by atoms with Gasteiger partial charge in [0.2, 0.25) is 0 Å². The molecular formula is C22H22N4O2S. The molecule has 0 spiro atoms. The van der Waals surface area contributed by atoms with Crippen molar-refractivity contribution in [1.82, 2.24) is 20.3 Å². The number of amides is 1. The third-order valence-corrected chi connectivity index (χ3v) is 5.65. The van der Waals surface area contributed by atoms with Gasteiger partial charge in [-0.05, 0) is 38.1 Å². The summed E-state index contributed by atoms with van der Waals surface area (Å²) >= 11 is 1.37. The lowest BCUT2D eigenvalue weighted by Crippen LogP contribution is -2.25. The van der Waals surface area contributed by atoms with Gasteiger partial charge in [0.25, 0.3) is 5.91 Å². The monoisotopic (exact) mass is 406 g/mol. The Morgan fingerprint density at radius 2 is 1.90 bits per heavy atom. The van der Waals surface area contributed by atoms with E-state index < -0.39 is 0 Å². The molecule has 148 valence electrons. The molecule has 2 aromatic carbocycles. The van der Waals surface area contributed by atoms with Crippen molar-refractivity contribution in [3.63, 3.8) is 0 Å². The van der Waals surface area contributed by atoms with Crippen LogP contribution >= 0.6 is 11.3 Å². The Kier molecular flexibility index (Phi) is 5.57. The number of benzene rings is 2. The lowest BCUT2D eigenvalue weighted by molar-refractivity contribution is 0.0957. The molecule has 0 atom stereocenters. The Hall–Kier alpha value is -3.19. The fourth-order valence-corrected chi connectivity index (χ4v) is 3.90. The first-order valence-corrected chi connectivity index (χ1v) is 10.3. The van der Waals surface area contributed by atoms with Crippen LogP contribution in [-0.4, -0.2) is 27.4 Å². The van der Waals surface area contributed by atoms with E-state index in [1.54, 1.807) is 0 Å². The second-order valence-corrected chi connectivity index (χ2v) is 7.91. The largest absolute Gasteiger partial charge is 0.486 e. The van der Waals surface area contributed by atoms with E-state index in [-0.39, 0.29) is 5.91 Å². The van der Waals surface area contributed by atoms with E-state index >= 15 is 0 Å². The second-order valence-electron chi connectivity index (χ2n) is 6.83. The average Bonchev–Trinajstić information content (AvgIpc) is 3.30. The number of hydrogen-bond donors (Lipinski definition) is 2. The van der Waals surface area contributed by atoms with Crippen LogP contribution < -0.4 is 10.1 Å². The van der Waals surface area contributed by atoms with E-state index in [1.807, 2.05) is 62.4 Å². The minimum Gasteiger partial charge on any atom is -0.486 e. The molecule has 1 amide bonds. The van der Waals surface area contributed by atoms with Crippen LogP contribution in [0.15, 0.2) is 48.5 Å². The molecule has 4 rings (SSSR count). The van der Waals surface area contributed by atoms with Crippen molar-refractivity contribution in [2.45, 2.75) is 26.9 Å². The number of carbonyl (C=O) groups excluding carboxylic acids is 1. The number of fused-ring (bicyclic) bond motifs is 1. The summed E-state index contributed by atoms with van der Waals surface area (Å²) in [7, 11) is 0. The molecule has 0 radical (unpaired) electrons. The summed E-state index contributed by atoms with van der Waals surface area (Å²) in [5.41, 5.74) is 3.85. The number of thiazole rings is 1. The Morgan fingerprint density at radius 1 is 1.10 bits per heavy atom. The maximum atomic E-state index is 12.5. The Bertz CT molecular complexity index is 1100. The summed E-state index contributed by atoms with van der Waals surface area (Å²) in [4.78, 5) is 25.4. The highest BCUT2D eigenvalue weighted by atomic mass is 32.1. The normalized spacial score (nSPS) is 11.0. The van der Waals surface area contributed by atoms with Gasteiger partial charge in [-0.1, -0.05) is 29.8 Å². The van der Waals surface area contributed by atoms with Crippen LogP contribution in [0, 0.1) is 13.8 Å². The van der Waals surface area contributed by atoms with Crippen molar-refractivity contribution in [2.75, 3.05) is 6.54 Å². The molecule has 6 nitrogen and oxygen atoms in total. The number of nitrogens with zero attached hydrogens (tertiary/aromatic N) is 2. The van der Waals surface area contributed by atoms with Crippen molar-refractivity contribution in [3.05, 3.63) is 75.5 Å². The van der Waals surface area contributed by atoms with Crippen molar-refractivity contribution in [1.29, 1.82) is 0 Å². The van der Waals surface area contributed by atoms with Crippen LogP contribution in [0.2, 0.25) is 0 Å². The minimum absolute atomic E-state index is 0.113. The van der Waals surface area contributed by atoms with E-state index in [2.05, 4.69) is 20.3 Å². The maximum absolute atomic E-state index is 12.5. The number of carbonyl (C=O) groups is 1. The van der Waals surface area contributed by atoms with Crippen LogP contribution in [0.4, 0.5) is 0 Å². The van der Waals surface area contributed by atoms with Gasteiger partial charge in [-0.3, -0.25) is 4.79 Å². The fourth-order valence-electron chi connectivity index (χ4n) is 3.00. The summed E-state index contributed by atoms with van der Waals surface area (Å²) in [6, 6.07) is 15.8. The molecule has 0 bridgehead atoms. The van der Waals surface area contributed by atoms with Crippen LogP contribution in [-0.2, 0) is 13.0 Å². The Balaban J connectivity index is 1.31. The molecule has 29 heavy (non-hydrogen) atoms. The third-order valence-electron chi connectivity index (χ3n) is 4.52. The maximum Gasteiger partial charge on any atom is 0.263 e. The molecule has 4 aromatic rings.